The van der Waals surface area contributed by atoms with Gasteiger partial charge in [-0.3, -0.25) is 0 Å². The molecule has 0 bridgehead atoms. The smallest absolute Gasteiger partial charge is 0.101 e. The normalized spacial score (nSPS) is 25.3. The molecule has 1 aliphatic rings. The van der Waals surface area contributed by atoms with Crippen molar-refractivity contribution in [1.29, 1.82) is 0 Å². The number of thiazole rings is 1. The lowest BCUT2D eigenvalue weighted by molar-refractivity contribution is 0.339. The second kappa shape index (κ2) is 4.34. The number of halogens is 1. The van der Waals surface area contributed by atoms with Crippen LogP contribution in [-0.4, -0.2) is 18.1 Å². The lowest BCUT2D eigenvalue weighted by atomic mass is 9.83. The molecule has 0 saturated carbocycles. The van der Waals surface area contributed by atoms with Crippen LogP contribution in [0.15, 0.2) is 22.7 Å². The van der Waals surface area contributed by atoms with Gasteiger partial charge in [0.2, 0.25) is 0 Å². The highest BCUT2D eigenvalue weighted by molar-refractivity contribution is 9.10. The first-order chi connectivity index (χ1) is 8.17. The standard InChI is InChI=1S/C13H15BrN2S/c1-13(5-2-6-15-8-13)12-16-10-7-9(14)3-4-11(10)17-12/h3-4,7,15H,2,5-6,8H2,1H3. The van der Waals surface area contributed by atoms with E-state index >= 15 is 0 Å². The molecule has 1 atom stereocenters. The molecule has 17 heavy (non-hydrogen) atoms. The van der Waals surface area contributed by atoms with Crippen molar-refractivity contribution < 1.29 is 0 Å². The van der Waals surface area contributed by atoms with Gasteiger partial charge in [0, 0.05) is 16.4 Å². The number of aromatic nitrogens is 1. The average molecular weight is 311 g/mol. The SMILES string of the molecule is CC1(c2nc3cc(Br)ccc3s2)CCCNC1. The Hall–Kier alpha value is -0.450. The van der Waals surface area contributed by atoms with E-state index < -0.39 is 0 Å². The molecule has 0 spiro atoms. The zero-order valence-electron chi connectivity index (χ0n) is 9.79. The van der Waals surface area contributed by atoms with E-state index in [0.717, 1.165) is 23.1 Å². The van der Waals surface area contributed by atoms with Crippen molar-refractivity contribution in [2.45, 2.75) is 25.2 Å². The number of hydrogen-bond donors (Lipinski definition) is 1. The first-order valence-corrected chi connectivity index (χ1v) is 7.56. The number of rotatable bonds is 1. The third-order valence-electron chi connectivity index (χ3n) is 3.46. The molecule has 1 N–H and O–H groups in total. The number of hydrogen-bond acceptors (Lipinski definition) is 3. The second-order valence-electron chi connectivity index (χ2n) is 4.97. The summed E-state index contributed by atoms with van der Waals surface area (Å²) >= 11 is 5.34. The van der Waals surface area contributed by atoms with Gasteiger partial charge in [0.1, 0.15) is 5.01 Å². The fourth-order valence-electron chi connectivity index (χ4n) is 2.40. The van der Waals surface area contributed by atoms with Gasteiger partial charge in [-0.15, -0.1) is 11.3 Å². The highest BCUT2D eigenvalue weighted by atomic mass is 79.9. The molecule has 1 unspecified atom stereocenters. The molecule has 0 amide bonds. The summed E-state index contributed by atoms with van der Waals surface area (Å²) in [5, 5.41) is 4.76. The molecule has 3 rings (SSSR count). The van der Waals surface area contributed by atoms with Crippen molar-refractivity contribution in [2.24, 2.45) is 0 Å². The summed E-state index contributed by atoms with van der Waals surface area (Å²) in [7, 11) is 0. The molecule has 1 aromatic heterocycles. The van der Waals surface area contributed by atoms with Crippen LogP contribution in [0.1, 0.15) is 24.8 Å². The summed E-state index contributed by atoms with van der Waals surface area (Å²) in [6, 6.07) is 6.35. The minimum Gasteiger partial charge on any atom is -0.316 e. The largest absolute Gasteiger partial charge is 0.316 e. The zero-order chi connectivity index (χ0) is 11.9. The van der Waals surface area contributed by atoms with Crippen LogP contribution >= 0.6 is 27.3 Å². The van der Waals surface area contributed by atoms with Gasteiger partial charge in [0.25, 0.3) is 0 Å². The molecular weight excluding hydrogens is 296 g/mol. The fraction of sp³-hybridized carbons (Fsp3) is 0.462. The van der Waals surface area contributed by atoms with Gasteiger partial charge in [0.15, 0.2) is 0 Å². The molecule has 1 fully saturated rings. The average Bonchev–Trinajstić information content (AvgIpc) is 2.73. The molecule has 90 valence electrons. The minimum absolute atomic E-state index is 0.217. The number of benzene rings is 1. The molecule has 2 heterocycles. The highest BCUT2D eigenvalue weighted by Crippen LogP contribution is 2.36. The predicted octanol–water partition coefficient (Wildman–Crippen LogP) is 3.70. The van der Waals surface area contributed by atoms with Crippen LogP contribution in [0.3, 0.4) is 0 Å². The molecule has 1 aliphatic heterocycles. The maximum absolute atomic E-state index is 4.82. The Morgan fingerprint density at radius 3 is 3.12 bits per heavy atom. The van der Waals surface area contributed by atoms with Gasteiger partial charge in [-0.2, -0.15) is 0 Å². The van der Waals surface area contributed by atoms with E-state index in [1.54, 1.807) is 0 Å². The van der Waals surface area contributed by atoms with E-state index in [0.29, 0.717) is 0 Å². The number of nitrogens with zero attached hydrogens (tertiary/aromatic N) is 1. The van der Waals surface area contributed by atoms with Gasteiger partial charge in [-0.25, -0.2) is 4.98 Å². The van der Waals surface area contributed by atoms with Crippen molar-refractivity contribution in [3.8, 4) is 0 Å². The van der Waals surface area contributed by atoms with Crippen molar-refractivity contribution in [2.75, 3.05) is 13.1 Å². The topological polar surface area (TPSA) is 24.9 Å². The zero-order valence-corrected chi connectivity index (χ0v) is 12.2. The third kappa shape index (κ3) is 2.14. The van der Waals surface area contributed by atoms with Gasteiger partial charge < -0.3 is 5.32 Å². The Morgan fingerprint density at radius 1 is 1.47 bits per heavy atom. The Bertz CT molecular complexity index is 543. The van der Waals surface area contributed by atoms with E-state index in [9.17, 15) is 0 Å². The molecule has 2 nitrogen and oxygen atoms in total. The van der Waals surface area contributed by atoms with Crippen LogP contribution in [0.4, 0.5) is 0 Å². The van der Waals surface area contributed by atoms with Gasteiger partial charge in [0.05, 0.1) is 10.2 Å². The molecule has 0 aliphatic carbocycles. The summed E-state index contributed by atoms with van der Waals surface area (Å²) in [6.45, 7) is 4.52. The van der Waals surface area contributed by atoms with E-state index in [2.05, 4.69) is 46.4 Å². The summed E-state index contributed by atoms with van der Waals surface area (Å²) in [5.74, 6) is 0. The molecule has 1 aromatic carbocycles. The van der Waals surface area contributed by atoms with Gasteiger partial charge >= 0.3 is 0 Å². The Labute approximate surface area is 114 Å². The lowest BCUT2D eigenvalue weighted by Crippen LogP contribution is -2.40. The summed E-state index contributed by atoms with van der Waals surface area (Å²) in [6.07, 6.45) is 2.48. The first-order valence-electron chi connectivity index (χ1n) is 5.95. The lowest BCUT2D eigenvalue weighted by Gasteiger charge is -2.32. The van der Waals surface area contributed by atoms with Crippen molar-refractivity contribution in [3.05, 3.63) is 27.7 Å². The van der Waals surface area contributed by atoms with E-state index in [1.807, 2.05) is 11.3 Å². The van der Waals surface area contributed by atoms with Gasteiger partial charge in [-0.1, -0.05) is 22.9 Å². The molecular formula is C13H15BrN2S. The van der Waals surface area contributed by atoms with Crippen LogP contribution in [0.2, 0.25) is 0 Å². The van der Waals surface area contributed by atoms with E-state index in [-0.39, 0.29) is 5.41 Å². The number of fused-ring (bicyclic) bond motifs is 1. The van der Waals surface area contributed by atoms with Crippen molar-refractivity contribution in [1.82, 2.24) is 10.3 Å². The Kier molecular flexibility index (Phi) is 2.97. The monoisotopic (exact) mass is 310 g/mol. The number of nitrogens with one attached hydrogen (secondary N) is 1. The maximum atomic E-state index is 4.82. The Morgan fingerprint density at radius 2 is 2.35 bits per heavy atom. The first kappa shape index (κ1) is 11.6. The second-order valence-corrected chi connectivity index (χ2v) is 6.92. The van der Waals surface area contributed by atoms with Gasteiger partial charge in [-0.05, 0) is 37.6 Å². The predicted molar refractivity (Wildman–Crippen MR) is 76.8 cm³/mol. The molecule has 1 saturated heterocycles. The van der Waals surface area contributed by atoms with Crippen LogP contribution in [0, 0.1) is 0 Å². The molecule has 4 heteroatoms. The quantitative estimate of drug-likeness (QED) is 0.868. The fourth-order valence-corrected chi connectivity index (χ4v) is 3.86. The third-order valence-corrected chi connectivity index (χ3v) is 5.30. The summed E-state index contributed by atoms with van der Waals surface area (Å²) in [4.78, 5) is 4.82. The van der Waals surface area contributed by atoms with Crippen LogP contribution in [0.5, 0.6) is 0 Å². The van der Waals surface area contributed by atoms with Crippen LogP contribution in [0.25, 0.3) is 10.2 Å². The molecule has 0 radical (unpaired) electrons. The maximum Gasteiger partial charge on any atom is 0.101 e. The van der Waals surface area contributed by atoms with Crippen molar-refractivity contribution >= 4 is 37.5 Å². The van der Waals surface area contributed by atoms with Crippen LogP contribution < -0.4 is 5.32 Å². The van der Waals surface area contributed by atoms with Crippen LogP contribution in [-0.2, 0) is 5.41 Å². The van der Waals surface area contributed by atoms with Crippen molar-refractivity contribution in [3.63, 3.8) is 0 Å². The minimum atomic E-state index is 0.217. The summed E-state index contributed by atoms with van der Waals surface area (Å²) in [5.41, 5.74) is 1.33. The highest BCUT2D eigenvalue weighted by Gasteiger charge is 2.31. The van der Waals surface area contributed by atoms with E-state index in [4.69, 9.17) is 4.98 Å². The Balaban J connectivity index is 2.05. The molecule has 2 aromatic rings. The van der Waals surface area contributed by atoms with E-state index in [1.165, 1.54) is 22.5 Å². The summed E-state index contributed by atoms with van der Waals surface area (Å²) < 4.78 is 2.39. The number of piperidine rings is 1.